The zero-order chi connectivity index (χ0) is 26.3. The first kappa shape index (κ1) is 26.1. The van der Waals surface area contributed by atoms with Gasteiger partial charge in [0, 0.05) is 60.3 Å². The maximum absolute atomic E-state index is 15.7. The molecule has 0 amide bonds. The molecule has 3 heterocycles. The van der Waals surface area contributed by atoms with Crippen molar-refractivity contribution in [1.82, 2.24) is 14.8 Å². The van der Waals surface area contributed by atoms with Gasteiger partial charge in [-0.15, -0.1) is 0 Å². The number of H-pyrrole nitrogens is 1. The zero-order valence-electron chi connectivity index (χ0n) is 20.7. The van der Waals surface area contributed by atoms with Crippen molar-refractivity contribution in [2.75, 3.05) is 39.5 Å². The van der Waals surface area contributed by atoms with E-state index in [1.807, 2.05) is 36.1 Å². The summed E-state index contributed by atoms with van der Waals surface area (Å²) in [6, 6.07) is 8.43. The van der Waals surface area contributed by atoms with Gasteiger partial charge in [0.2, 0.25) is 0 Å². The van der Waals surface area contributed by atoms with Gasteiger partial charge in [-0.05, 0) is 49.1 Å². The van der Waals surface area contributed by atoms with Crippen LogP contribution in [0.5, 0.6) is 0 Å². The fourth-order valence-corrected chi connectivity index (χ4v) is 5.95. The zero-order valence-corrected chi connectivity index (χ0v) is 20.7. The predicted molar refractivity (Wildman–Crippen MR) is 133 cm³/mol. The molecule has 4 atom stereocenters. The van der Waals surface area contributed by atoms with Gasteiger partial charge in [-0.1, -0.05) is 18.2 Å². The second-order valence-electron chi connectivity index (χ2n) is 10.4. The number of hydrogen-bond donors (Lipinski definition) is 2. The molecule has 0 spiro atoms. The van der Waals surface area contributed by atoms with Crippen LogP contribution in [0.3, 0.4) is 0 Å². The summed E-state index contributed by atoms with van der Waals surface area (Å²) < 4.78 is 73.4. The molecule has 1 aromatic heterocycles. The molecule has 9 heteroatoms. The molecule has 0 radical (unpaired) electrons. The molecule has 0 saturated carbocycles. The third-order valence-electron chi connectivity index (χ3n) is 7.82. The van der Waals surface area contributed by atoms with Gasteiger partial charge in [0.1, 0.15) is 24.0 Å². The highest BCUT2D eigenvalue weighted by Gasteiger charge is 2.41. The summed E-state index contributed by atoms with van der Waals surface area (Å²) >= 11 is 0. The molecule has 1 saturated heterocycles. The van der Waals surface area contributed by atoms with E-state index in [9.17, 15) is 13.9 Å². The highest BCUT2D eigenvalue weighted by molar-refractivity contribution is 5.85. The number of nitrogens with one attached hydrogen (secondary N) is 1. The fourth-order valence-electron chi connectivity index (χ4n) is 5.95. The summed E-state index contributed by atoms with van der Waals surface area (Å²) in [7, 11) is 0. The monoisotopic (exact) mass is 521 g/mol. The minimum Gasteiger partial charge on any atom is -0.393 e. The Balaban J connectivity index is 1.51. The molecule has 5 rings (SSSR count). The van der Waals surface area contributed by atoms with E-state index in [-0.39, 0.29) is 23.7 Å². The topological polar surface area (TPSA) is 42.5 Å². The van der Waals surface area contributed by atoms with E-state index in [1.165, 1.54) is 0 Å². The van der Waals surface area contributed by atoms with E-state index >= 15 is 13.2 Å². The number of halogens is 5. The molecular weight excluding hydrogens is 489 g/mol. The van der Waals surface area contributed by atoms with Crippen LogP contribution in [-0.4, -0.2) is 71.6 Å². The SMILES string of the molecule is C[C@@H]1Cc2c([nH]c3ccccc23)C(c2c(F)cc([C@H](F)C3CN(CCCF)C3)cc2F)N1C[C@@H](F)CO. The Morgan fingerprint density at radius 1 is 1.11 bits per heavy atom. The van der Waals surface area contributed by atoms with Crippen LogP contribution in [0, 0.1) is 17.6 Å². The quantitative estimate of drug-likeness (QED) is 0.370. The normalized spacial score (nSPS) is 22.7. The van der Waals surface area contributed by atoms with Gasteiger partial charge in [-0.25, -0.2) is 17.6 Å². The Hall–Kier alpha value is -2.49. The lowest BCUT2D eigenvalue weighted by atomic mass is 9.85. The van der Waals surface area contributed by atoms with Gasteiger partial charge in [-0.2, -0.15) is 0 Å². The van der Waals surface area contributed by atoms with Gasteiger partial charge in [-0.3, -0.25) is 9.29 Å². The predicted octanol–water partition coefficient (Wildman–Crippen LogP) is 5.41. The first-order valence-corrected chi connectivity index (χ1v) is 12.8. The molecule has 37 heavy (non-hydrogen) atoms. The molecule has 2 aromatic carbocycles. The lowest BCUT2D eigenvalue weighted by Crippen LogP contribution is -2.48. The number of likely N-dealkylation sites (tertiary alicyclic amines) is 1. The standard InChI is InChI=1S/C28H32F5N3O/c1-16-9-21-20-5-2-3-6-24(20)34-27(21)28(36(16)14-19(30)15-37)25-22(31)10-17(11-23(25)32)26(33)18-12-35(13-18)8-4-7-29/h2-3,5-6,10-11,16,18-19,26,28,34,37H,4,7-9,12-15H2,1H3/t16-,19-,26+,28?/m1/s1. The van der Waals surface area contributed by atoms with Crippen molar-refractivity contribution in [2.24, 2.45) is 5.92 Å². The molecule has 0 bridgehead atoms. The van der Waals surface area contributed by atoms with Crippen LogP contribution in [0.15, 0.2) is 36.4 Å². The smallest absolute Gasteiger partial charge is 0.136 e. The summed E-state index contributed by atoms with van der Waals surface area (Å²) in [6.07, 6.45) is -2.21. The van der Waals surface area contributed by atoms with Crippen LogP contribution >= 0.6 is 0 Å². The number of para-hydroxylation sites is 1. The second kappa shape index (κ2) is 10.7. The number of aromatic nitrogens is 1. The number of fused-ring (bicyclic) bond motifs is 3. The van der Waals surface area contributed by atoms with E-state index in [1.54, 1.807) is 4.90 Å². The Bertz CT molecular complexity index is 1220. The Labute approximate surface area is 213 Å². The fraction of sp³-hybridized carbons (Fsp3) is 0.500. The maximum Gasteiger partial charge on any atom is 0.136 e. The highest BCUT2D eigenvalue weighted by Crippen LogP contribution is 2.43. The molecule has 200 valence electrons. The average molecular weight is 522 g/mol. The molecule has 2 aliphatic rings. The number of hydrogen-bond acceptors (Lipinski definition) is 3. The van der Waals surface area contributed by atoms with E-state index in [0.717, 1.165) is 28.6 Å². The first-order chi connectivity index (χ1) is 17.8. The minimum absolute atomic E-state index is 0.0695. The van der Waals surface area contributed by atoms with Gasteiger partial charge < -0.3 is 15.0 Å². The maximum atomic E-state index is 15.7. The molecule has 1 unspecified atom stereocenters. The van der Waals surface area contributed by atoms with Gasteiger partial charge in [0.05, 0.1) is 19.3 Å². The number of rotatable bonds is 9. The van der Waals surface area contributed by atoms with Crippen molar-refractivity contribution < 1.29 is 27.1 Å². The van der Waals surface area contributed by atoms with Crippen LogP contribution in [-0.2, 0) is 6.42 Å². The second-order valence-corrected chi connectivity index (χ2v) is 10.4. The van der Waals surface area contributed by atoms with Crippen molar-refractivity contribution in [3.63, 3.8) is 0 Å². The summed E-state index contributed by atoms with van der Waals surface area (Å²) in [4.78, 5) is 6.88. The number of aliphatic hydroxyl groups excluding tert-OH is 1. The van der Waals surface area contributed by atoms with Crippen LogP contribution in [0.1, 0.15) is 47.9 Å². The average Bonchev–Trinajstić information content (AvgIpc) is 3.22. The van der Waals surface area contributed by atoms with Gasteiger partial charge >= 0.3 is 0 Å². The lowest BCUT2D eigenvalue weighted by Gasteiger charge is -2.42. The van der Waals surface area contributed by atoms with Crippen LogP contribution in [0.2, 0.25) is 0 Å². The molecular formula is C28H32F5N3O. The van der Waals surface area contributed by atoms with E-state index in [2.05, 4.69) is 4.98 Å². The van der Waals surface area contributed by atoms with Crippen molar-refractivity contribution in [3.05, 3.63) is 70.4 Å². The lowest BCUT2D eigenvalue weighted by molar-refractivity contribution is 0.0360. The number of nitrogens with zero attached hydrogens (tertiary/aromatic N) is 2. The van der Waals surface area contributed by atoms with Crippen LogP contribution in [0.25, 0.3) is 10.9 Å². The summed E-state index contributed by atoms with van der Waals surface area (Å²) in [5, 5.41) is 10.3. The Kier molecular flexibility index (Phi) is 7.56. The van der Waals surface area contributed by atoms with E-state index < -0.39 is 49.2 Å². The van der Waals surface area contributed by atoms with Gasteiger partial charge in [0.25, 0.3) is 0 Å². The number of aromatic amines is 1. The molecule has 2 N–H and O–H groups in total. The van der Waals surface area contributed by atoms with Crippen LogP contribution < -0.4 is 0 Å². The number of alkyl halides is 3. The van der Waals surface area contributed by atoms with Crippen molar-refractivity contribution in [3.8, 4) is 0 Å². The first-order valence-electron chi connectivity index (χ1n) is 12.8. The van der Waals surface area contributed by atoms with Crippen molar-refractivity contribution >= 4 is 10.9 Å². The summed E-state index contributed by atoms with van der Waals surface area (Å²) in [6.45, 7) is 1.89. The van der Waals surface area contributed by atoms with E-state index in [4.69, 9.17) is 0 Å². The van der Waals surface area contributed by atoms with Crippen molar-refractivity contribution in [2.45, 2.75) is 44.2 Å². The Morgan fingerprint density at radius 3 is 2.49 bits per heavy atom. The van der Waals surface area contributed by atoms with Crippen LogP contribution in [0.4, 0.5) is 22.0 Å². The number of benzene rings is 2. The molecule has 2 aliphatic heterocycles. The third-order valence-corrected chi connectivity index (χ3v) is 7.82. The molecule has 0 aliphatic carbocycles. The highest BCUT2D eigenvalue weighted by atomic mass is 19.1. The number of aliphatic hydroxyl groups is 1. The van der Waals surface area contributed by atoms with Crippen molar-refractivity contribution in [1.29, 1.82) is 0 Å². The van der Waals surface area contributed by atoms with Gasteiger partial charge in [0.15, 0.2) is 0 Å². The summed E-state index contributed by atoms with van der Waals surface area (Å²) in [5.74, 6) is -2.19. The Morgan fingerprint density at radius 2 is 1.81 bits per heavy atom. The molecule has 4 nitrogen and oxygen atoms in total. The third kappa shape index (κ3) is 4.89. The van der Waals surface area contributed by atoms with E-state index in [0.29, 0.717) is 38.2 Å². The minimum atomic E-state index is -1.59. The molecule has 1 fully saturated rings. The molecule has 3 aromatic rings. The summed E-state index contributed by atoms with van der Waals surface area (Å²) in [5.41, 5.74) is 1.97. The largest absolute Gasteiger partial charge is 0.393 e.